The molecule has 192 valence electrons. The van der Waals surface area contributed by atoms with Gasteiger partial charge in [0.15, 0.2) is 0 Å². The molecule has 1 aliphatic heterocycles. The van der Waals surface area contributed by atoms with E-state index in [1.54, 1.807) is 18.2 Å². The van der Waals surface area contributed by atoms with Crippen LogP contribution in [0.4, 0.5) is 14.9 Å². The lowest BCUT2D eigenvalue weighted by molar-refractivity contribution is -0.127. The van der Waals surface area contributed by atoms with E-state index in [1.807, 2.05) is 41.1 Å². The predicted octanol–water partition coefficient (Wildman–Crippen LogP) is 7.46. The standard InChI is InChI=1S/C27H17Cl3FN3O3S/c28-17-6-5-15(20(29)10-17)12-33-13-16(19-3-1-2-4-23(19)33)9-24-26(36)34(27(37)38-24)14-25(35)32-18-7-8-22(31)21(30)11-18/h1-11,13H,12,14H2,(H,32,35)/b24-9+. The van der Waals surface area contributed by atoms with Crippen LogP contribution in [0.1, 0.15) is 11.1 Å². The van der Waals surface area contributed by atoms with Crippen LogP contribution in [0.2, 0.25) is 15.1 Å². The van der Waals surface area contributed by atoms with Crippen molar-refractivity contribution >= 4 is 86.3 Å². The molecule has 3 aromatic carbocycles. The van der Waals surface area contributed by atoms with Crippen LogP contribution in [0.25, 0.3) is 17.0 Å². The summed E-state index contributed by atoms with van der Waals surface area (Å²) in [6, 6.07) is 16.7. The second kappa shape index (κ2) is 10.8. The van der Waals surface area contributed by atoms with Gasteiger partial charge in [0.25, 0.3) is 11.1 Å². The minimum absolute atomic E-state index is 0.158. The second-order valence-electron chi connectivity index (χ2n) is 8.41. The highest BCUT2D eigenvalue weighted by Crippen LogP contribution is 2.34. The molecule has 0 unspecified atom stereocenters. The SMILES string of the molecule is O=C(CN1C(=O)S/C(=C/c2cn(Cc3ccc(Cl)cc3Cl)c3ccccc23)C1=O)Nc1ccc(F)c(Cl)c1. The van der Waals surface area contributed by atoms with Gasteiger partial charge in [-0.1, -0.05) is 59.1 Å². The Morgan fingerprint density at radius 1 is 1.00 bits per heavy atom. The van der Waals surface area contributed by atoms with Crippen LogP contribution < -0.4 is 5.32 Å². The average molecular weight is 589 g/mol. The summed E-state index contributed by atoms with van der Waals surface area (Å²) in [5, 5.41) is 3.76. The Balaban J connectivity index is 1.37. The highest BCUT2D eigenvalue weighted by molar-refractivity contribution is 8.18. The fraction of sp³-hybridized carbons (Fsp3) is 0.0741. The number of carbonyl (C=O) groups is 3. The molecular formula is C27H17Cl3FN3O3S. The van der Waals surface area contributed by atoms with Gasteiger partial charge in [-0.25, -0.2) is 4.39 Å². The van der Waals surface area contributed by atoms with E-state index in [0.29, 0.717) is 16.6 Å². The number of para-hydroxylation sites is 1. The second-order valence-corrected chi connectivity index (χ2v) is 10.7. The first-order valence-electron chi connectivity index (χ1n) is 11.2. The van der Waals surface area contributed by atoms with Gasteiger partial charge in [0.05, 0.1) is 9.93 Å². The molecule has 0 saturated carbocycles. The van der Waals surface area contributed by atoms with E-state index in [9.17, 15) is 18.8 Å². The van der Waals surface area contributed by atoms with Crippen molar-refractivity contribution < 1.29 is 18.8 Å². The molecule has 0 bridgehead atoms. The summed E-state index contributed by atoms with van der Waals surface area (Å²) in [5.74, 6) is -1.82. The van der Waals surface area contributed by atoms with Crippen molar-refractivity contribution in [1.29, 1.82) is 0 Å². The minimum Gasteiger partial charge on any atom is -0.342 e. The maximum atomic E-state index is 13.4. The fourth-order valence-corrected chi connectivity index (χ4v) is 5.53. The average Bonchev–Trinajstić information content (AvgIpc) is 3.35. The number of imide groups is 1. The molecule has 2 heterocycles. The largest absolute Gasteiger partial charge is 0.342 e. The first-order valence-corrected chi connectivity index (χ1v) is 13.2. The number of anilines is 1. The van der Waals surface area contributed by atoms with Gasteiger partial charge >= 0.3 is 0 Å². The molecule has 5 rings (SSSR count). The molecule has 1 aliphatic rings. The van der Waals surface area contributed by atoms with Gasteiger partial charge in [0.2, 0.25) is 5.91 Å². The van der Waals surface area contributed by atoms with E-state index in [4.69, 9.17) is 34.8 Å². The van der Waals surface area contributed by atoms with E-state index >= 15 is 0 Å². The quantitative estimate of drug-likeness (QED) is 0.237. The molecular weight excluding hydrogens is 572 g/mol. The van der Waals surface area contributed by atoms with Gasteiger partial charge in [-0.2, -0.15) is 0 Å². The van der Waals surface area contributed by atoms with Crippen molar-refractivity contribution in [2.75, 3.05) is 11.9 Å². The van der Waals surface area contributed by atoms with Gasteiger partial charge in [-0.3, -0.25) is 19.3 Å². The van der Waals surface area contributed by atoms with E-state index in [0.717, 1.165) is 44.8 Å². The number of benzene rings is 3. The molecule has 0 radical (unpaired) electrons. The molecule has 3 amide bonds. The zero-order valence-corrected chi connectivity index (χ0v) is 22.5. The Bertz CT molecular complexity index is 1650. The smallest absolute Gasteiger partial charge is 0.294 e. The molecule has 0 spiro atoms. The van der Waals surface area contributed by atoms with Crippen LogP contribution in [0.5, 0.6) is 0 Å². The number of nitrogens with zero attached hydrogens (tertiary/aromatic N) is 2. The monoisotopic (exact) mass is 587 g/mol. The lowest BCUT2D eigenvalue weighted by atomic mass is 10.1. The van der Waals surface area contributed by atoms with Crippen molar-refractivity contribution in [3.8, 4) is 0 Å². The summed E-state index contributed by atoms with van der Waals surface area (Å²) in [6.45, 7) is -0.0206. The number of aromatic nitrogens is 1. The van der Waals surface area contributed by atoms with E-state index in [2.05, 4.69) is 5.32 Å². The third kappa shape index (κ3) is 5.44. The molecule has 4 aromatic rings. The topological polar surface area (TPSA) is 71.4 Å². The lowest BCUT2D eigenvalue weighted by Crippen LogP contribution is -2.36. The summed E-state index contributed by atoms with van der Waals surface area (Å²) < 4.78 is 15.4. The normalized spacial score (nSPS) is 14.6. The van der Waals surface area contributed by atoms with Crippen LogP contribution in [0, 0.1) is 5.82 Å². The molecule has 1 N–H and O–H groups in total. The van der Waals surface area contributed by atoms with Crippen LogP contribution in [-0.4, -0.2) is 33.1 Å². The molecule has 1 aromatic heterocycles. The minimum atomic E-state index is -0.627. The summed E-state index contributed by atoms with van der Waals surface area (Å²) in [4.78, 5) is 39.2. The van der Waals surface area contributed by atoms with E-state index < -0.39 is 29.4 Å². The summed E-state index contributed by atoms with van der Waals surface area (Å²) >= 11 is 18.9. The van der Waals surface area contributed by atoms with Gasteiger partial charge in [0, 0.05) is 44.9 Å². The zero-order valence-electron chi connectivity index (χ0n) is 19.4. The number of nitrogens with one attached hydrogen (secondary N) is 1. The van der Waals surface area contributed by atoms with Crippen molar-refractivity contribution in [2.45, 2.75) is 6.54 Å². The summed E-state index contributed by atoms with van der Waals surface area (Å²) in [7, 11) is 0. The number of hydrogen-bond acceptors (Lipinski definition) is 4. The van der Waals surface area contributed by atoms with Crippen molar-refractivity contribution in [3.63, 3.8) is 0 Å². The number of fused-ring (bicyclic) bond motifs is 1. The number of amides is 3. The number of thioether (sulfide) groups is 1. The maximum Gasteiger partial charge on any atom is 0.294 e. The molecule has 0 atom stereocenters. The van der Waals surface area contributed by atoms with Crippen LogP contribution in [0.3, 0.4) is 0 Å². The van der Waals surface area contributed by atoms with Crippen LogP contribution in [-0.2, 0) is 16.1 Å². The number of rotatable bonds is 6. The van der Waals surface area contributed by atoms with Crippen molar-refractivity contribution in [1.82, 2.24) is 9.47 Å². The van der Waals surface area contributed by atoms with E-state index in [-0.39, 0.29) is 15.6 Å². The number of hydrogen-bond donors (Lipinski definition) is 1. The van der Waals surface area contributed by atoms with Crippen LogP contribution in [0.15, 0.2) is 71.8 Å². The number of halogens is 4. The Labute approximate surface area is 235 Å². The van der Waals surface area contributed by atoms with Crippen molar-refractivity contribution in [3.05, 3.63) is 104 Å². The molecule has 1 saturated heterocycles. The molecule has 1 fully saturated rings. The van der Waals surface area contributed by atoms with Crippen LogP contribution >= 0.6 is 46.6 Å². The Hall–Kier alpha value is -3.30. The number of carbonyl (C=O) groups excluding carboxylic acids is 3. The Kier molecular flexibility index (Phi) is 7.49. The highest BCUT2D eigenvalue weighted by atomic mass is 35.5. The highest BCUT2D eigenvalue weighted by Gasteiger charge is 2.36. The van der Waals surface area contributed by atoms with E-state index in [1.165, 1.54) is 12.1 Å². The third-order valence-electron chi connectivity index (χ3n) is 5.84. The van der Waals surface area contributed by atoms with Gasteiger partial charge < -0.3 is 9.88 Å². The third-order valence-corrected chi connectivity index (χ3v) is 7.62. The molecule has 0 aliphatic carbocycles. The van der Waals surface area contributed by atoms with Gasteiger partial charge in [0.1, 0.15) is 12.4 Å². The van der Waals surface area contributed by atoms with Gasteiger partial charge in [-0.15, -0.1) is 0 Å². The first-order chi connectivity index (χ1) is 18.2. The van der Waals surface area contributed by atoms with Gasteiger partial charge in [-0.05, 0) is 59.8 Å². The fourth-order valence-electron chi connectivity index (χ4n) is 4.05. The molecule has 6 nitrogen and oxygen atoms in total. The maximum absolute atomic E-state index is 13.4. The lowest BCUT2D eigenvalue weighted by Gasteiger charge is -2.12. The summed E-state index contributed by atoms with van der Waals surface area (Å²) in [6.07, 6.45) is 3.53. The molecule has 38 heavy (non-hydrogen) atoms. The molecule has 11 heteroatoms. The Morgan fingerprint density at radius 2 is 1.79 bits per heavy atom. The first kappa shape index (κ1) is 26.3. The van der Waals surface area contributed by atoms with Crippen molar-refractivity contribution in [2.24, 2.45) is 0 Å². The predicted molar refractivity (Wildman–Crippen MR) is 150 cm³/mol. The summed E-state index contributed by atoms with van der Waals surface area (Å²) in [5.41, 5.74) is 2.78. The Morgan fingerprint density at radius 3 is 2.55 bits per heavy atom. The zero-order chi connectivity index (χ0) is 27.0.